The predicted molar refractivity (Wildman–Crippen MR) is 60.5 cm³/mol. The van der Waals surface area contributed by atoms with Gasteiger partial charge in [-0.3, -0.25) is 15.0 Å². The third kappa shape index (κ3) is 3.04. The normalized spacial score (nSPS) is 20.4. The van der Waals surface area contributed by atoms with Gasteiger partial charge in [0.05, 0.1) is 18.2 Å². The van der Waals surface area contributed by atoms with Crippen LogP contribution in [0.5, 0.6) is 0 Å². The smallest absolute Gasteiger partial charge is 0.404 e. The number of nitrogens with zero attached hydrogens (tertiary/aromatic N) is 2. The van der Waals surface area contributed by atoms with Crippen LogP contribution in [-0.2, 0) is 6.54 Å². The van der Waals surface area contributed by atoms with Gasteiger partial charge in [-0.15, -0.1) is 0 Å². The van der Waals surface area contributed by atoms with Gasteiger partial charge < -0.3 is 9.52 Å². The molecule has 1 aliphatic rings. The lowest BCUT2D eigenvalue weighted by molar-refractivity contribution is -0.402. The Kier molecular flexibility index (Phi) is 3.17. The van der Waals surface area contributed by atoms with Crippen LogP contribution in [0.3, 0.4) is 0 Å². The van der Waals surface area contributed by atoms with E-state index in [-0.39, 0.29) is 5.88 Å². The number of likely N-dealkylation sites (tertiary alicyclic amines) is 1. The summed E-state index contributed by atoms with van der Waals surface area (Å²) in [7, 11) is 0. The average Bonchev–Trinajstić information content (AvgIpc) is 2.70. The molecule has 94 valence electrons. The minimum atomic E-state index is -0.578. The van der Waals surface area contributed by atoms with Crippen LogP contribution in [0.25, 0.3) is 0 Å². The van der Waals surface area contributed by atoms with Crippen LogP contribution >= 0.6 is 0 Å². The summed E-state index contributed by atoms with van der Waals surface area (Å²) in [6.07, 6.45) is 1.44. The van der Waals surface area contributed by atoms with Crippen LogP contribution in [0.15, 0.2) is 16.5 Å². The number of hydrogen-bond acceptors (Lipinski definition) is 5. The first kappa shape index (κ1) is 12.1. The van der Waals surface area contributed by atoms with Gasteiger partial charge in [-0.1, -0.05) is 0 Å². The molecular formula is C11H16N2O4. The monoisotopic (exact) mass is 240 g/mol. The fourth-order valence-corrected chi connectivity index (χ4v) is 1.96. The number of furan rings is 1. The zero-order chi connectivity index (χ0) is 12.5. The second-order valence-electron chi connectivity index (χ2n) is 4.77. The van der Waals surface area contributed by atoms with Gasteiger partial charge in [-0.2, -0.15) is 0 Å². The third-order valence-electron chi connectivity index (χ3n) is 3.14. The molecule has 1 saturated heterocycles. The van der Waals surface area contributed by atoms with E-state index in [1.807, 2.05) is 6.92 Å². The van der Waals surface area contributed by atoms with E-state index in [0.717, 1.165) is 25.9 Å². The van der Waals surface area contributed by atoms with Crippen molar-refractivity contribution in [1.29, 1.82) is 0 Å². The molecule has 1 fully saturated rings. The molecule has 6 heteroatoms. The first-order valence-electron chi connectivity index (χ1n) is 5.64. The molecule has 0 amide bonds. The molecule has 0 radical (unpaired) electrons. The Hall–Kier alpha value is -1.40. The lowest BCUT2D eigenvalue weighted by Crippen LogP contribution is -2.41. The minimum Gasteiger partial charge on any atom is -0.404 e. The molecule has 2 rings (SSSR count). The molecule has 1 aromatic rings. The Labute approximate surface area is 99.0 Å². The van der Waals surface area contributed by atoms with E-state index >= 15 is 0 Å². The molecule has 0 aromatic carbocycles. The maximum atomic E-state index is 10.5. The van der Waals surface area contributed by atoms with Crippen LogP contribution in [0, 0.1) is 10.1 Å². The van der Waals surface area contributed by atoms with Crippen LogP contribution in [0.1, 0.15) is 25.5 Å². The Morgan fingerprint density at radius 1 is 1.53 bits per heavy atom. The summed E-state index contributed by atoms with van der Waals surface area (Å²) in [6, 6.07) is 3.00. The molecule has 0 saturated carbocycles. The summed E-state index contributed by atoms with van der Waals surface area (Å²) < 4.78 is 5.10. The van der Waals surface area contributed by atoms with E-state index < -0.39 is 10.5 Å². The van der Waals surface area contributed by atoms with E-state index in [0.29, 0.717) is 12.3 Å². The van der Waals surface area contributed by atoms with Gasteiger partial charge in [0.1, 0.15) is 10.7 Å². The molecule has 1 aliphatic heterocycles. The molecule has 2 heterocycles. The average molecular weight is 240 g/mol. The van der Waals surface area contributed by atoms with Crippen LogP contribution in [0.2, 0.25) is 0 Å². The van der Waals surface area contributed by atoms with Gasteiger partial charge in [0.25, 0.3) is 0 Å². The number of nitro groups is 1. The lowest BCUT2D eigenvalue weighted by Gasteiger charge is -2.35. The molecule has 6 nitrogen and oxygen atoms in total. The topological polar surface area (TPSA) is 79.8 Å². The lowest BCUT2D eigenvalue weighted by atomic mass is 9.94. The molecular weight excluding hydrogens is 224 g/mol. The van der Waals surface area contributed by atoms with Gasteiger partial charge in [0, 0.05) is 13.1 Å². The Bertz CT molecular complexity index is 403. The van der Waals surface area contributed by atoms with Gasteiger partial charge in [0.15, 0.2) is 0 Å². The molecule has 1 aromatic heterocycles. The van der Waals surface area contributed by atoms with Gasteiger partial charge in [-0.05, 0) is 25.8 Å². The second kappa shape index (κ2) is 4.46. The largest absolute Gasteiger partial charge is 0.433 e. The van der Waals surface area contributed by atoms with Crippen molar-refractivity contribution in [3.05, 3.63) is 28.0 Å². The molecule has 1 N–H and O–H groups in total. The number of aliphatic hydroxyl groups is 1. The van der Waals surface area contributed by atoms with Crippen molar-refractivity contribution in [3.63, 3.8) is 0 Å². The van der Waals surface area contributed by atoms with Crippen molar-refractivity contribution in [2.24, 2.45) is 0 Å². The van der Waals surface area contributed by atoms with E-state index in [1.54, 1.807) is 6.07 Å². The summed E-state index contributed by atoms with van der Waals surface area (Å²) >= 11 is 0. The Balaban J connectivity index is 1.91. The van der Waals surface area contributed by atoms with E-state index in [1.165, 1.54) is 6.07 Å². The van der Waals surface area contributed by atoms with Crippen molar-refractivity contribution >= 4 is 5.88 Å². The molecule has 0 aliphatic carbocycles. The van der Waals surface area contributed by atoms with Crippen molar-refractivity contribution in [2.75, 3.05) is 13.1 Å². The van der Waals surface area contributed by atoms with E-state index in [2.05, 4.69) is 4.90 Å². The molecule has 0 unspecified atom stereocenters. The first-order chi connectivity index (χ1) is 7.96. The second-order valence-corrected chi connectivity index (χ2v) is 4.77. The fraction of sp³-hybridized carbons (Fsp3) is 0.636. The summed E-state index contributed by atoms with van der Waals surface area (Å²) in [4.78, 5) is 12.0. The summed E-state index contributed by atoms with van der Waals surface area (Å²) in [5.41, 5.74) is -0.578. The maximum absolute atomic E-state index is 10.5. The fourth-order valence-electron chi connectivity index (χ4n) is 1.96. The SMILES string of the molecule is CC1(O)CCN(Cc2ccc([N+](=O)[O-])o2)CC1. The van der Waals surface area contributed by atoms with Gasteiger partial charge in [0.2, 0.25) is 0 Å². The van der Waals surface area contributed by atoms with E-state index in [9.17, 15) is 15.2 Å². The quantitative estimate of drug-likeness (QED) is 0.640. The highest BCUT2D eigenvalue weighted by molar-refractivity contribution is 5.17. The minimum absolute atomic E-state index is 0.219. The van der Waals surface area contributed by atoms with Gasteiger partial charge >= 0.3 is 5.88 Å². The van der Waals surface area contributed by atoms with E-state index in [4.69, 9.17) is 4.42 Å². The Morgan fingerprint density at radius 3 is 2.71 bits per heavy atom. The Morgan fingerprint density at radius 2 is 2.18 bits per heavy atom. The van der Waals surface area contributed by atoms with Crippen molar-refractivity contribution in [1.82, 2.24) is 4.90 Å². The number of piperidine rings is 1. The molecule has 0 atom stereocenters. The van der Waals surface area contributed by atoms with Crippen LogP contribution in [0.4, 0.5) is 5.88 Å². The standard InChI is InChI=1S/C11H16N2O4/c1-11(14)4-6-12(7-5-11)8-9-2-3-10(17-9)13(15)16/h2-3,14H,4-8H2,1H3. The summed E-state index contributed by atoms with van der Waals surface area (Å²) in [5, 5.41) is 20.3. The third-order valence-corrected chi connectivity index (χ3v) is 3.14. The van der Waals surface area contributed by atoms with Crippen molar-refractivity contribution < 1.29 is 14.4 Å². The highest BCUT2D eigenvalue weighted by Gasteiger charge is 2.27. The summed E-state index contributed by atoms with van der Waals surface area (Å²) in [5.74, 6) is 0.377. The zero-order valence-electron chi connectivity index (χ0n) is 9.76. The molecule has 0 bridgehead atoms. The van der Waals surface area contributed by atoms with Gasteiger partial charge in [-0.25, -0.2) is 0 Å². The highest BCUT2D eigenvalue weighted by atomic mass is 16.6. The number of hydrogen-bond donors (Lipinski definition) is 1. The maximum Gasteiger partial charge on any atom is 0.433 e. The summed E-state index contributed by atoms with van der Waals surface area (Å²) in [6.45, 7) is 3.95. The van der Waals surface area contributed by atoms with Crippen LogP contribution < -0.4 is 0 Å². The first-order valence-corrected chi connectivity index (χ1v) is 5.64. The zero-order valence-corrected chi connectivity index (χ0v) is 9.76. The molecule has 17 heavy (non-hydrogen) atoms. The highest BCUT2D eigenvalue weighted by Crippen LogP contribution is 2.23. The molecule has 0 spiro atoms. The van der Waals surface area contributed by atoms with Crippen molar-refractivity contribution in [3.8, 4) is 0 Å². The number of rotatable bonds is 3. The predicted octanol–water partition coefficient (Wildman–Crippen LogP) is 1.53. The van der Waals surface area contributed by atoms with Crippen LogP contribution in [-0.4, -0.2) is 33.6 Å². The van der Waals surface area contributed by atoms with Crippen molar-refractivity contribution in [2.45, 2.75) is 31.9 Å².